The van der Waals surface area contributed by atoms with Crippen molar-refractivity contribution in [2.45, 2.75) is 13.5 Å². The van der Waals surface area contributed by atoms with Gasteiger partial charge < -0.3 is 19.8 Å². The van der Waals surface area contributed by atoms with Crippen LogP contribution in [0.2, 0.25) is 0 Å². The fourth-order valence-electron chi connectivity index (χ4n) is 4.90. The molecule has 1 fully saturated rings. The van der Waals surface area contributed by atoms with Gasteiger partial charge in [0.15, 0.2) is 0 Å². The zero-order chi connectivity index (χ0) is 27.5. The van der Waals surface area contributed by atoms with Gasteiger partial charge in [-0.15, -0.1) is 0 Å². The minimum atomic E-state index is -0.220. The average molecular weight is 539 g/mol. The molecule has 1 aliphatic heterocycles. The van der Waals surface area contributed by atoms with Crippen LogP contribution >= 0.6 is 0 Å². The molecular formula is C29H30N8O3. The SMILES string of the molecule is COc1ncc(-c2cc3cc[nH]c(=O)c3c(Nc3ccc(-c4cnn(CCN5CCOCC5)c4)c(C)c3)n2)cn1. The van der Waals surface area contributed by atoms with E-state index in [4.69, 9.17) is 14.5 Å². The lowest BCUT2D eigenvalue weighted by molar-refractivity contribution is 0.0360. The van der Waals surface area contributed by atoms with Gasteiger partial charge in [0, 0.05) is 61.2 Å². The quantitative estimate of drug-likeness (QED) is 0.305. The summed E-state index contributed by atoms with van der Waals surface area (Å²) in [5.74, 6) is 0.452. The zero-order valence-corrected chi connectivity index (χ0v) is 22.4. The Labute approximate surface area is 230 Å². The van der Waals surface area contributed by atoms with E-state index in [0.29, 0.717) is 22.5 Å². The Hall–Kier alpha value is -4.61. The summed E-state index contributed by atoms with van der Waals surface area (Å²) in [6, 6.07) is 10.1. The lowest BCUT2D eigenvalue weighted by atomic mass is 10.0. The molecule has 11 nitrogen and oxygen atoms in total. The second kappa shape index (κ2) is 11.2. The minimum absolute atomic E-state index is 0.220. The molecule has 0 unspecified atom stereocenters. The highest BCUT2D eigenvalue weighted by atomic mass is 16.5. The number of anilines is 2. The second-order valence-electron chi connectivity index (χ2n) is 9.69. The van der Waals surface area contributed by atoms with E-state index in [2.05, 4.69) is 49.5 Å². The lowest BCUT2D eigenvalue weighted by Gasteiger charge is -2.26. The number of fused-ring (bicyclic) bond motifs is 1. The molecule has 0 spiro atoms. The number of nitrogens with one attached hydrogen (secondary N) is 2. The first-order valence-corrected chi connectivity index (χ1v) is 13.2. The van der Waals surface area contributed by atoms with Gasteiger partial charge in [-0.05, 0) is 47.7 Å². The third-order valence-electron chi connectivity index (χ3n) is 7.04. The molecular weight excluding hydrogens is 508 g/mol. The van der Waals surface area contributed by atoms with Crippen molar-refractivity contribution < 1.29 is 9.47 Å². The maximum absolute atomic E-state index is 12.8. The van der Waals surface area contributed by atoms with Crippen molar-refractivity contribution in [2.75, 3.05) is 45.3 Å². The smallest absolute Gasteiger partial charge is 0.316 e. The predicted octanol–water partition coefficient (Wildman–Crippen LogP) is 3.64. The van der Waals surface area contributed by atoms with Crippen LogP contribution in [0, 0.1) is 6.92 Å². The Morgan fingerprint density at radius 3 is 2.65 bits per heavy atom. The summed E-state index contributed by atoms with van der Waals surface area (Å²) >= 11 is 0. The third kappa shape index (κ3) is 5.42. The maximum Gasteiger partial charge on any atom is 0.316 e. The van der Waals surface area contributed by atoms with Crippen LogP contribution in [0.3, 0.4) is 0 Å². The highest BCUT2D eigenvalue weighted by molar-refractivity contribution is 5.95. The number of hydrogen-bond acceptors (Lipinski definition) is 9. The van der Waals surface area contributed by atoms with Gasteiger partial charge in [-0.3, -0.25) is 14.4 Å². The van der Waals surface area contributed by atoms with E-state index < -0.39 is 0 Å². The van der Waals surface area contributed by atoms with Gasteiger partial charge >= 0.3 is 6.01 Å². The van der Waals surface area contributed by atoms with Crippen LogP contribution in [-0.4, -0.2) is 74.6 Å². The molecule has 0 radical (unpaired) electrons. The van der Waals surface area contributed by atoms with Crippen LogP contribution in [0.4, 0.5) is 11.5 Å². The first kappa shape index (κ1) is 25.7. The van der Waals surface area contributed by atoms with Gasteiger partial charge in [-0.2, -0.15) is 5.10 Å². The molecule has 4 aromatic heterocycles. The van der Waals surface area contributed by atoms with E-state index in [9.17, 15) is 4.79 Å². The van der Waals surface area contributed by atoms with Crippen LogP contribution in [0.5, 0.6) is 6.01 Å². The summed E-state index contributed by atoms with van der Waals surface area (Å²) in [6.45, 7) is 7.38. The summed E-state index contributed by atoms with van der Waals surface area (Å²) in [6.07, 6.45) is 8.92. The number of aromatic nitrogens is 6. The molecule has 40 heavy (non-hydrogen) atoms. The van der Waals surface area contributed by atoms with Gasteiger partial charge in [-0.25, -0.2) is 15.0 Å². The number of pyridine rings is 2. The van der Waals surface area contributed by atoms with Crippen molar-refractivity contribution in [1.29, 1.82) is 0 Å². The summed E-state index contributed by atoms with van der Waals surface area (Å²) in [5.41, 5.74) is 5.19. The molecule has 11 heteroatoms. The molecule has 2 N–H and O–H groups in total. The average Bonchev–Trinajstić information content (AvgIpc) is 3.45. The Bertz CT molecular complexity index is 1690. The number of hydrogen-bond donors (Lipinski definition) is 2. The number of morpholine rings is 1. The molecule has 0 saturated carbocycles. The Morgan fingerprint density at radius 1 is 1.05 bits per heavy atom. The van der Waals surface area contributed by atoms with Crippen molar-refractivity contribution >= 4 is 22.3 Å². The molecule has 0 bridgehead atoms. The number of aromatic amines is 1. The lowest BCUT2D eigenvalue weighted by Crippen LogP contribution is -2.38. The van der Waals surface area contributed by atoms with Crippen LogP contribution in [0.25, 0.3) is 33.2 Å². The topological polar surface area (TPSA) is 123 Å². The molecule has 1 aromatic carbocycles. The van der Waals surface area contributed by atoms with Gasteiger partial charge in [0.1, 0.15) is 5.82 Å². The van der Waals surface area contributed by atoms with E-state index in [1.54, 1.807) is 18.6 Å². The number of nitrogens with zero attached hydrogens (tertiary/aromatic N) is 6. The third-order valence-corrected chi connectivity index (χ3v) is 7.04. The maximum atomic E-state index is 12.8. The monoisotopic (exact) mass is 538 g/mol. The van der Waals surface area contributed by atoms with E-state index in [0.717, 1.165) is 67.2 Å². The Morgan fingerprint density at radius 2 is 1.88 bits per heavy atom. The number of benzene rings is 1. The van der Waals surface area contributed by atoms with Crippen LogP contribution in [0.1, 0.15) is 5.56 Å². The van der Waals surface area contributed by atoms with Crippen LogP contribution in [-0.2, 0) is 11.3 Å². The number of ether oxygens (including phenoxy) is 2. The highest BCUT2D eigenvalue weighted by Crippen LogP contribution is 2.30. The van der Waals surface area contributed by atoms with Crippen molar-refractivity contribution in [3.8, 4) is 28.4 Å². The van der Waals surface area contributed by atoms with Gasteiger partial charge in [0.25, 0.3) is 5.56 Å². The van der Waals surface area contributed by atoms with E-state index in [1.807, 2.05) is 35.1 Å². The summed E-state index contributed by atoms with van der Waals surface area (Å²) in [4.78, 5) is 31.1. The first-order chi connectivity index (χ1) is 19.6. The first-order valence-electron chi connectivity index (χ1n) is 13.2. The van der Waals surface area contributed by atoms with E-state index in [-0.39, 0.29) is 11.6 Å². The predicted molar refractivity (Wildman–Crippen MR) is 153 cm³/mol. The summed E-state index contributed by atoms with van der Waals surface area (Å²) < 4.78 is 12.5. The van der Waals surface area contributed by atoms with Crippen molar-refractivity contribution in [1.82, 2.24) is 34.6 Å². The normalized spacial score (nSPS) is 13.9. The number of H-pyrrole nitrogens is 1. The van der Waals surface area contributed by atoms with E-state index in [1.165, 1.54) is 7.11 Å². The van der Waals surface area contributed by atoms with Gasteiger partial charge in [-0.1, -0.05) is 6.07 Å². The fourth-order valence-corrected chi connectivity index (χ4v) is 4.90. The van der Waals surface area contributed by atoms with Crippen molar-refractivity contribution in [3.63, 3.8) is 0 Å². The number of aryl methyl sites for hydroxylation is 1. The fraction of sp³-hybridized carbons (Fsp3) is 0.276. The Kier molecular flexibility index (Phi) is 7.21. The standard InChI is InChI=1S/C29H30N8O3/c1-19-13-23(3-4-24(19)22-17-33-37(18-22)8-7-36-9-11-40-12-10-36)34-27-26-20(5-6-30-28(26)38)14-25(35-27)21-15-31-29(39-2)32-16-21/h3-6,13-18H,7-12H2,1-2H3,(H,30,38)(H,34,35). The summed E-state index contributed by atoms with van der Waals surface area (Å²) in [7, 11) is 1.52. The van der Waals surface area contributed by atoms with Crippen LogP contribution < -0.4 is 15.6 Å². The summed E-state index contributed by atoms with van der Waals surface area (Å²) in [5, 5.41) is 9.18. The molecule has 5 heterocycles. The number of methoxy groups -OCH3 is 1. The molecule has 204 valence electrons. The largest absolute Gasteiger partial charge is 0.467 e. The molecule has 6 rings (SSSR count). The number of rotatable bonds is 8. The zero-order valence-electron chi connectivity index (χ0n) is 22.4. The molecule has 0 atom stereocenters. The Balaban J connectivity index is 1.25. The molecule has 1 saturated heterocycles. The van der Waals surface area contributed by atoms with Gasteiger partial charge in [0.2, 0.25) is 0 Å². The van der Waals surface area contributed by atoms with Crippen molar-refractivity contribution in [3.05, 3.63) is 77.2 Å². The molecule has 5 aromatic rings. The molecule has 0 amide bonds. The van der Waals surface area contributed by atoms with Crippen molar-refractivity contribution in [2.24, 2.45) is 0 Å². The van der Waals surface area contributed by atoms with Gasteiger partial charge in [0.05, 0.1) is 44.1 Å². The molecule has 1 aliphatic rings. The highest BCUT2D eigenvalue weighted by Gasteiger charge is 2.14. The van der Waals surface area contributed by atoms with E-state index >= 15 is 0 Å². The molecule has 0 aliphatic carbocycles. The minimum Gasteiger partial charge on any atom is -0.467 e. The second-order valence-corrected chi connectivity index (χ2v) is 9.69. The van der Waals surface area contributed by atoms with Crippen LogP contribution in [0.15, 0.2) is 66.1 Å².